The quantitative estimate of drug-likeness (QED) is 0.789. The van der Waals surface area contributed by atoms with Crippen LogP contribution < -0.4 is 4.74 Å². The predicted octanol–water partition coefficient (Wildman–Crippen LogP) is 4.39. The maximum atomic E-state index is 13.0. The maximum Gasteiger partial charge on any atom is 0.254 e. The van der Waals surface area contributed by atoms with Crippen LogP contribution in [-0.2, 0) is 11.2 Å². The van der Waals surface area contributed by atoms with Gasteiger partial charge in [-0.05, 0) is 67.5 Å². The third-order valence-corrected chi connectivity index (χ3v) is 5.69. The largest absolute Gasteiger partial charge is 0.491 e. The Kier molecular flexibility index (Phi) is 5.44. The molecule has 4 heteroatoms. The minimum absolute atomic E-state index is 0.0578. The highest BCUT2D eigenvalue weighted by atomic mass is 16.5. The van der Waals surface area contributed by atoms with Crippen molar-refractivity contribution in [2.45, 2.75) is 44.2 Å². The van der Waals surface area contributed by atoms with Gasteiger partial charge in [-0.3, -0.25) is 4.79 Å². The normalized spacial score (nSPS) is 21.5. The molecule has 2 atom stereocenters. The number of amides is 1. The molecule has 0 unspecified atom stereocenters. The second kappa shape index (κ2) is 8.13. The topological polar surface area (TPSA) is 38.8 Å². The highest BCUT2D eigenvalue weighted by molar-refractivity contribution is 5.94. The number of ether oxygens (including phenoxy) is 2. The third-order valence-electron chi connectivity index (χ3n) is 5.69. The van der Waals surface area contributed by atoms with Gasteiger partial charge in [-0.2, -0.15) is 0 Å². The summed E-state index contributed by atoms with van der Waals surface area (Å²) in [5, 5.41) is 0. The molecule has 0 radical (unpaired) electrons. The van der Waals surface area contributed by atoms with Crippen LogP contribution in [0.4, 0.5) is 0 Å². The SMILES string of the molecule is CN(C(=O)c1ccc(OC[C@H]2CCCO2)cc1)[C@H]1CCCc2ccccc21. The molecule has 0 bridgehead atoms. The van der Waals surface area contributed by atoms with Crippen LogP contribution >= 0.6 is 0 Å². The van der Waals surface area contributed by atoms with E-state index in [2.05, 4.69) is 24.3 Å². The standard InChI is InChI=1S/C23H27NO3/c1-24(22-10-4-7-17-6-2-3-9-21(17)22)23(25)18-11-13-19(14-12-18)27-16-20-8-5-15-26-20/h2-3,6,9,11-14,20,22H,4-5,7-8,10,15-16H2,1H3/t20-,22+/m1/s1. The number of carbonyl (C=O) groups excluding carboxylic acids is 1. The van der Waals surface area contributed by atoms with Gasteiger partial charge in [-0.25, -0.2) is 0 Å². The number of aryl methyl sites for hydroxylation is 1. The second-order valence-electron chi connectivity index (χ2n) is 7.49. The Morgan fingerprint density at radius 3 is 2.70 bits per heavy atom. The van der Waals surface area contributed by atoms with Crippen molar-refractivity contribution in [2.24, 2.45) is 0 Å². The molecule has 1 fully saturated rings. The molecular formula is C23H27NO3. The Morgan fingerprint density at radius 2 is 1.93 bits per heavy atom. The molecule has 142 valence electrons. The van der Waals surface area contributed by atoms with E-state index in [4.69, 9.17) is 9.47 Å². The molecule has 0 aromatic heterocycles. The highest BCUT2D eigenvalue weighted by Gasteiger charge is 2.27. The summed E-state index contributed by atoms with van der Waals surface area (Å²) in [6.07, 6.45) is 5.61. The smallest absolute Gasteiger partial charge is 0.254 e. The first-order chi connectivity index (χ1) is 13.2. The molecular weight excluding hydrogens is 338 g/mol. The van der Waals surface area contributed by atoms with Gasteiger partial charge < -0.3 is 14.4 Å². The Morgan fingerprint density at radius 1 is 1.11 bits per heavy atom. The van der Waals surface area contributed by atoms with Crippen molar-refractivity contribution >= 4 is 5.91 Å². The molecule has 2 aromatic carbocycles. The maximum absolute atomic E-state index is 13.0. The lowest BCUT2D eigenvalue weighted by Gasteiger charge is -2.33. The Hall–Kier alpha value is -2.33. The minimum Gasteiger partial charge on any atom is -0.491 e. The van der Waals surface area contributed by atoms with Crippen LogP contribution in [0.15, 0.2) is 48.5 Å². The van der Waals surface area contributed by atoms with Crippen LogP contribution in [-0.4, -0.2) is 37.2 Å². The zero-order valence-corrected chi connectivity index (χ0v) is 15.9. The van der Waals surface area contributed by atoms with Crippen molar-refractivity contribution in [1.29, 1.82) is 0 Å². The molecule has 0 saturated carbocycles. The lowest BCUT2D eigenvalue weighted by atomic mass is 9.87. The minimum atomic E-state index is 0.0578. The number of hydrogen-bond donors (Lipinski definition) is 0. The van der Waals surface area contributed by atoms with Gasteiger partial charge in [0.25, 0.3) is 5.91 Å². The molecule has 0 spiro atoms. The van der Waals surface area contributed by atoms with Gasteiger partial charge >= 0.3 is 0 Å². The van der Waals surface area contributed by atoms with Crippen LogP contribution in [0, 0.1) is 0 Å². The first-order valence-electron chi connectivity index (χ1n) is 9.92. The summed E-state index contributed by atoms with van der Waals surface area (Å²) in [6, 6.07) is 16.1. The molecule has 2 aromatic rings. The highest BCUT2D eigenvalue weighted by Crippen LogP contribution is 2.34. The summed E-state index contributed by atoms with van der Waals surface area (Å²) < 4.78 is 11.4. The second-order valence-corrected chi connectivity index (χ2v) is 7.49. The van der Waals surface area contributed by atoms with E-state index >= 15 is 0 Å². The zero-order chi connectivity index (χ0) is 18.6. The van der Waals surface area contributed by atoms with Gasteiger partial charge in [0.2, 0.25) is 0 Å². The third kappa shape index (κ3) is 4.01. The van der Waals surface area contributed by atoms with Crippen LogP contribution in [0.2, 0.25) is 0 Å². The fourth-order valence-electron chi connectivity index (χ4n) is 4.13. The van der Waals surface area contributed by atoms with Crippen molar-refractivity contribution in [1.82, 2.24) is 4.90 Å². The molecule has 1 heterocycles. The molecule has 27 heavy (non-hydrogen) atoms. The van der Waals surface area contributed by atoms with Gasteiger partial charge in [0.05, 0.1) is 12.1 Å². The Labute approximate surface area is 161 Å². The molecule has 0 N–H and O–H groups in total. The van der Waals surface area contributed by atoms with Crippen molar-refractivity contribution < 1.29 is 14.3 Å². The molecule has 4 nitrogen and oxygen atoms in total. The first-order valence-corrected chi connectivity index (χ1v) is 9.92. The number of nitrogens with zero attached hydrogens (tertiary/aromatic N) is 1. The summed E-state index contributed by atoms with van der Waals surface area (Å²) >= 11 is 0. The van der Waals surface area contributed by atoms with E-state index in [1.54, 1.807) is 0 Å². The van der Waals surface area contributed by atoms with Gasteiger partial charge in [-0.1, -0.05) is 24.3 Å². The van der Waals surface area contributed by atoms with Gasteiger partial charge in [0.1, 0.15) is 12.4 Å². The molecule has 4 rings (SSSR count). The Bertz CT molecular complexity index is 780. The van der Waals surface area contributed by atoms with Crippen molar-refractivity contribution in [3.8, 4) is 5.75 Å². The summed E-state index contributed by atoms with van der Waals surface area (Å²) in [6.45, 7) is 1.41. The lowest BCUT2D eigenvalue weighted by Crippen LogP contribution is -2.33. The van der Waals surface area contributed by atoms with Crippen LogP contribution in [0.1, 0.15) is 53.2 Å². The van der Waals surface area contributed by atoms with E-state index in [0.29, 0.717) is 12.2 Å². The monoisotopic (exact) mass is 365 g/mol. The summed E-state index contributed by atoms with van der Waals surface area (Å²) in [5.74, 6) is 0.843. The average Bonchev–Trinajstić information content (AvgIpc) is 3.25. The predicted molar refractivity (Wildman–Crippen MR) is 105 cm³/mol. The van der Waals surface area contributed by atoms with Gasteiger partial charge in [0, 0.05) is 19.2 Å². The summed E-state index contributed by atoms with van der Waals surface area (Å²) in [4.78, 5) is 14.9. The summed E-state index contributed by atoms with van der Waals surface area (Å²) in [5.41, 5.74) is 3.35. The van der Waals surface area contributed by atoms with Crippen LogP contribution in [0.3, 0.4) is 0 Å². The molecule has 1 aliphatic heterocycles. The number of benzene rings is 2. The van der Waals surface area contributed by atoms with Crippen molar-refractivity contribution in [2.75, 3.05) is 20.3 Å². The average molecular weight is 365 g/mol. The number of hydrogen-bond acceptors (Lipinski definition) is 3. The van der Waals surface area contributed by atoms with E-state index in [0.717, 1.165) is 44.5 Å². The van der Waals surface area contributed by atoms with Crippen molar-refractivity contribution in [3.63, 3.8) is 0 Å². The summed E-state index contributed by atoms with van der Waals surface area (Å²) in [7, 11) is 1.91. The zero-order valence-electron chi connectivity index (χ0n) is 15.9. The number of carbonyl (C=O) groups is 1. The fraction of sp³-hybridized carbons (Fsp3) is 0.435. The first kappa shape index (κ1) is 18.1. The van der Waals surface area contributed by atoms with Gasteiger partial charge in [0.15, 0.2) is 0 Å². The van der Waals surface area contributed by atoms with E-state index in [9.17, 15) is 4.79 Å². The van der Waals surface area contributed by atoms with Crippen LogP contribution in [0.5, 0.6) is 5.75 Å². The fourth-order valence-corrected chi connectivity index (χ4v) is 4.13. The van der Waals surface area contributed by atoms with Crippen LogP contribution in [0.25, 0.3) is 0 Å². The number of fused-ring (bicyclic) bond motifs is 1. The molecule has 2 aliphatic rings. The molecule has 1 aliphatic carbocycles. The van der Waals surface area contributed by atoms with Gasteiger partial charge in [-0.15, -0.1) is 0 Å². The van der Waals surface area contributed by atoms with E-state index in [1.165, 1.54) is 11.1 Å². The lowest BCUT2D eigenvalue weighted by molar-refractivity contribution is 0.0677. The van der Waals surface area contributed by atoms with E-state index in [1.807, 2.05) is 36.2 Å². The van der Waals surface area contributed by atoms with Crippen molar-refractivity contribution in [3.05, 3.63) is 65.2 Å². The van der Waals surface area contributed by atoms with E-state index in [-0.39, 0.29) is 18.1 Å². The molecule has 1 amide bonds. The molecule has 1 saturated heterocycles. The Balaban J connectivity index is 1.41. The van der Waals surface area contributed by atoms with E-state index < -0.39 is 0 Å². The number of rotatable bonds is 5.